The summed E-state index contributed by atoms with van der Waals surface area (Å²) >= 11 is 0. The number of carbonyl (C=O) groups excluding carboxylic acids is 1. The van der Waals surface area contributed by atoms with Crippen LogP contribution in [0.3, 0.4) is 0 Å². The quantitative estimate of drug-likeness (QED) is 0.748. The molecule has 1 amide bonds. The van der Waals surface area contributed by atoms with Gasteiger partial charge in [-0.15, -0.1) is 0 Å². The molecule has 0 radical (unpaired) electrons. The van der Waals surface area contributed by atoms with Gasteiger partial charge in [0.15, 0.2) is 0 Å². The summed E-state index contributed by atoms with van der Waals surface area (Å²) in [6.07, 6.45) is 0. The highest BCUT2D eigenvalue weighted by molar-refractivity contribution is 6.01. The molecular formula is C21H22N2O2. The van der Waals surface area contributed by atoms with Crippen LogP contribution in [0.25, 0.3) is 11.3 Å². The van der Waals surface area contributed by atoms with Gasteiger partial charge < -0.3 is 9.84 Å². The highest BCUT2D eigenvalue weighted by Crippen LogP contribution is 2.26. The minimum atomic E-state index is -0.175. The molecule has 2 aromatic carbocycles. The number of hydrogen-bond acceptors (Lipinski definition) is 3. The third-order valence-corrected chi connectivity index (χ3v) is 4.39. The molecule has 0 aliphatic rings. The molecular weight excluding hydrogens is 312 g/mol. The summed E-state index contributed by atoms with van der Waals surface area (Å²) < 4.78 is 5.29. The monoisotopic (exact) mass is 334 g/mol. The lowest BCUT2D eigenvalue weighted by atomic mass is 9.99. The second-order valence-electron chi connectivity index (χ2n) is 6.38. The first-order valence-corrected chi connectivity index (χ1v) is 8.37. The lowest BCUT2D eigenvalue weighted by Crippen LogP contribution is -2.27. The van der Waals surface area contributed by atoms with Crippen LogP contribution in [0.15, 0.2) is 53.1 Å². The van der Waals surface area contributed by atoms with E-state index in [0.29, 0.717) is 17.0 Å². The van der Waals surface area contributed by atoms with Gasteiger partial charge in [-0.3, -0.25) is 4.79 Å². The molecule has 4 heteroatoms. The maximum atomic E-state index is 12.9. The highest BCUT2D eigenvalue weighted by atomic mass is 16.5. The van der Waals surface area contributed by atoms with E-state index in [1.54, 1.807) is 6.92 Å². The summed E-state index contributed by atoms with van der Waals surface area (Å²) in [5.74, 6) is 0.343. The third-order valence-electron chi connectivity index (χ3n) is 4.39. The highest BCUT2D eigenvalue weighted by Gasteiger charge is 2.23. The predicted octanol–water partition coefficient (Wildman–Crippen LogP) is 4.76. The van der Waals surface area contributed by atoms with Crippen molar-refractivity contribution in [1.29, 1.82) is 0 Å². The molecule has 0 bridgehead atoms. The number of benzene rings is 2. The molecule has 0 fully saturated rings. The van der Waals surface area contributed by atoms with E-state index in [-0.39, 0.29) is 11.9 Å². The van der Waals surface area contributed by atoms with Gasteiger partial charge in [0.2, 0.25) is 0 Å². The SMILES string of the molecule is Cc1ccc(C)c(C(C)NC(=O)c2c(-c3ccccc3)noc2C)c1. The Labute approximate surface area is 147 Å². The molecule has 25 heavy (non-hydrogen) atoms. The van der Waals surface area contributed by atoms with Crippen LogP contribution in [0, 0.1) is 20.8 Å². The second kappa shape index (κ2) is 6.93. The number of hydrogen-bond donors (Lipinski definition) is 1. The van der Waals surface area contributed by atoms with Crippen molar-refractivity contribution in [1.82, 2.24) is 10.5 Å². The van der Waals surface area contributed by atoms with Crippen LogP contribution in [0.2, 0.25) is 0 Å². The largest absolute Gasteiger partial charge is 0.360 e. The lowest BCUT2D eigenvalue weighted by molar-refractivity contribution is 0.0939. The number of rotatable bonds is 4. The molecule has 1 aromatic heterocycles. The fraction of sp³-hybridized carbons (Fsp3) is 0.238. The average Bonchev–Trinajstić information content (AvgIpc) is 2.99. The topological polar surface area (TPSA) is 55.1 Å². The summed E-state index contributed by atoms with van der Waals surface area (Å²) in [5.41, 5.74) is 5.37. The van der Waals surface area contributed by atoms with Gasteiger partial charge in [0, 0.05) is 5.56 Å². The fourth-order valence-electron chi connectivity index (χ4n) is 3.01. The van der Waals surface area contributed by atoms with Crippen molar-refractivity contribution in [2.24, 2.45) is 0 Å². The van der Waals surface area contributed by atoms with Gasteiger partial charge >= 0.3 is 0 Å². The van der Waals surface area contributed by atoms with Crippen LogP contribution >= 0.6 is 0 Å². The molecule has 1 heterocycles. The normalized spacial score (nSPS) is 12.0. The molecule has 128 valence electrons. The Morgan fingerprint density at radius 3 is 2.52 bits per heavy atom. The van der Waals surface area contributed by atoms with Crippen molar-refractivity contribution >= 4 is 5.91 Å². The smallest absolute Gasteiger partial charge is 0.257 e. The fourth-order valence-corrected chi connectivity index (χ4v) is 3.01. The first kappa shape index (κ1) is 17.0. The maximum absolute atomic E-state index is 12.9. The first-order chi connectivity index (χ1) is 12.0. The molecule has 0 aliphatic carbocycles. The van der Waals surface area contributed by atoms with Gasteiger partial charge in [0.25, 0.3) is 5.91 Å². The predicted molar refractivity (Wildman–Crippen MR) is 98.5 cm³/mol. The van der Waals surface area contributed by atoms with Gasteiger partial charge in [0.1, 0.15) is 17.0 Å². The number of carbonyl (C=O) groups is 1. The summed E-state index contributed by atoms with van der Waals surface area (Å²) in [5, 5.41) is 7.16. The third kappa shape index (κ3) is 3.48. The summed E-state index contributed by atoms with van der Waals surface area (Å²) in [6.45, 7) is 7.86. The van der Waals surface area contributed by atoms with Crippen molar-refractivity contribution in [3.63, 3.8) is 0 Å². The van der Waals surface area contributed by atoms with E-state index < -0.39 is 0 Å². The van der Waals surface area contributed by atoms with E-state index in [0.717, 1.165) is 16.7 Å². The maximum Gasteiger partial charge on any atom is 0.257 e. The van der Waals surface area contributed by atoms with Crippen molar-refractivity contribution in [3.8, 4) is 11.3 Å². The van der Waals surface area contributed by atoms with Crippen molar-refractivity contribution < 1.29 is 9.32 Å². The Morgan fingerprint density at radius 2 is 1.80 bits per heavy atom. The number of aromatic nitrogens is 1. The van der Waals surface area contributed by atoms with Gasteiger partial charge in [-0.1, -0.05) is 59.3 Å². The molecule has 0 saturated heterocycles. The van der Waals surface area contributed by atoms with Gasteiger partial charge in [-0.05, 0) is 38.8 Å². The molecule has 3 rings (SSSR count). The Bertz CT molecular complexity index is 898. The Kier molecular flexibility index (Phi) is 4.70. The standard InChI is InChI=1S/C21H22N2O2/c1-13-10-11-14(2)18(12-13)15(3)22-21(24)19-16(4)25-23-20(19)17-8-6-5-7-9-17/h5-12,15H,1-4H3,(H,22,24). The average molecular weight is 334 g/mol. The van der Waals surface area contributed by atoms with Crippen LogP contribution in [0.5, 0.6) is 0 Å². The van der Waals surface area contributed by atoms with Gasteiger partial charge in [-0.2, -0.15) is 0 Å². The van der Waals surface area contributed by atoms with E-state index in [2.05, 4.69) is 42.5 Å². The zero-order valence-corrected chi connectivity index (χ0v) is 15.0. The zero-order chi connectivity index (χ0) is 18.0. The number of aryl methyl sites for hydroxylation is 3. The number of nitrogens with one attached hydrogen (secondary N) is 1. The number of nitrogens with zero attached hydrogens (tertiary/aromatic N) is 1. The Balaban J connectivity index is 1.89. The molecule has 1 unspecified atom stereocenters. The first-order valence-electron chi connectivity index (χ1n) is 8.37. The minimum Gasteiger partial charge on any atom is -0.360 e. The summed E-state index contributed by atoms with van der Waals surface area (Å²) in [6, 6.07) is 15.8. The van der Waals surface area contributed by atoms with Crippen LogP contribution in [0.1, 0.15) is 45.8 Å². The van der Waals surface area contributed by atoms with Crippen LogP contribution in [0.4, 0.5) is 0 Å². The zero-order valence-electron chi connectivity index (χ0n) is 15.0. The van der Waals surface area contributed by atoms with Crippen LogP contribution < -0.4 is 5.32 Å². The van der Waals surface area contributed by atoms with Crippen LogP contribution in [-0.4, -0.2) is 11.1 Å². The van der Waals surface area contributed by atoms with Crippen LogP contribution in [-0.2, 0) is 0 Å². The van der Waals surface area contributed by atoms with Gasteiger partial charge in [-0.25, -0.2) is 0 Å². The minimum absolute atomic E-state index is 0.106. The van der Waals surface area contributed by atoms with E-state index in [1.807, 2.05) is 37.3 Å². The van der Waals surface area contributed by atoms with E-state index in [1.165, 1.54) is 5.56 Å². The van der Waals surface area contributed by atoms with Crippen molar-refractivity contribution in [2.45, 2.75) is 33.7 Å². The molecule has 1 atom stereocenters. The Hall–Kier alpha value is -2.88. The van der Waals surface area contributed by atoms with E-state index in [4.69, 9.17) is 4.52 Å². The van der Waals surface area contributed by atoms with E-state index in [9.17, 15) is 4.79 Å². The van der Waals surface area contributed by atoms with E-state index >= 15 is 0 Å². The molecule has 3 aromatic rings. The molecule has 0 aliphatic heterocycles. The number of amides is 1. The lowest BCUT2D eigenvalue weighted by Gasteiger charge is -2.17. The summed E-state index contributed by atoms with van der Waals surface area (Å²) in [7, 11) is 0. The molecule has 0 saturated carbocycles. The molecule has 0 spiro atoms. The van der Waals surface area contributed by atoms with Crippen molar-refractivity contribution in [2.75, 3.05) is 0 Å². The molecule has 1 N–H and O–H groups in total. The second-order valence-corrected chi connectivity index (χ2v) is 6.38. The Morgan fingerprint density at radius 1 is 1.08 bits per heavy atom. The molecule has 4 nitrogen and oxygen atoms in total. The van der Waals surface area contributed by atoms with Crippen molar-refractivity contribution in [3.05, 3.63) is 76.5 Å². The van der Waals surface area contributed by atoms with Gasteiger partial charge in [0.05, 0.1) is 6.04 Å². The summed E-state index contributed by atoms with van der Waals surface area (Å²) in [4.78, 5) is 12.9.